The molecule has 116 valence electrons. The minimum absolute atomic E-state index is 0.0766. The number of aromatic nitrogens is 1. The number of methoxy groups -OCH3 is 1. The summed E-state index contributed by atoms with van der Waals surface area (Å²) in [6, 6.07) is 1.33. The van der Waals surface area contributed by atoms with Crippen molar-refractivity contribution in [1.82, 2.24) is 9.29 Å². The molecule has 0 spiro atoms. The second-order valence-electron chi connectivity index (χ2n) is 4.90. The predicted octanol–water partition coefficient (Wildman–Crippen LogP) is 1.95. The first-order valence-electron chi connectivity index (χ1n) is 6.64. The van der Waals surface area contributed by atoms with Crippen molar-refractivity contribution >= 4 is 31.9 Å². The third-order valence-electron chi connectivity index (χ3n) is 3.53. The molecule has 1 saturated carbocycles. The standard InChI is InChI=1S/C13H17BrN2O4S/c1-20-13(17)9-16(11-4-2-3-5-11)21(18,19)12-6-10(14)7-15-8-12/h6-8,11H,2-5,9H2,1H3. The lowest BCUT2D eigenvalue weighted by Gasteiger charge is -2.26. The van der Waals surface area contributed by atoms with Crippen LogP contribution in [-0.2, 0) is 19.6 Å². The van der Waals surface area contributed by atoms with Crippen LogP contribution in [0.2, 0.25) is 0 Å². The number of halogens is 1. The van der Waals surface area contributed by atoms with Gasteiger partial charge in [0.2, 0.25) is 10.0 Å². The van der Waals surface area contributed by atoms with Crippen molar-refractivity contribution in [3.05, 3.63) is 22.9 Å². The monoisotopic (exact) mass is 376 g/mol. The van der Waals surface area contributed by atoms with Gasteiger partial charge in [0.05, 0.1) is 7.11 Å². The van der Waals surface area contributed by atoms with E-state index < -0.39 is 16.0 Å². The molecule has 0 atom stereocenters. The Labute approximate surface area is 132 Å². The molecule has 2 rings (SSSR count). The molecule has 1 heterocycles. The summed E-state index contributed by atoms with van der Waals surface area (Å²) in [7, 11) is -2.52. The molecule has 0 aromatic carbocycles. The van der Waals surface area contributed by atoms with Gasteiger partial charge in [-0.05, 0) is 34.8 Å². The molecule has 1 aromatic rings. The van der Waals surface area contributed by atoms with Crippen LogP contribution >= 0.6 is 15.9 Å². The van der Waals surface area contributed by atoms with Gasteiger partial charge in [0.25, 0.3) is 0 Å². The molecule has 6 nitrogen and oxygen atoms in total. The average molecular weight is 377 g/mol. The maximum atomic E-state index is 12.8. The fourth-order valence-electron chi connectivity index (χ4n) is 2.46. The fraction of sp³-hybridized carbons (Fsp3) is 0.538. The van der Waals surface area contributed by atoms with Gasteiger partial charge in [0, 0.05) is 22.9 Å². The zero-order valence-corrected chi connectivity index (χ0v) is 14.1. The van der Waals surface area contributed by atoms with Gasteiger partial charge in [-0.25, -0.2) is 8.42 Å². The number of ether oxygens (including phenoxy) is 1. The minimum atomic E-state index is -3.77. The third kappa shape index (κ3) is 3.81. The highest BCUT2D eigenvalue weighted by molar-refractivity contribution is 9.10. The molecule has 21 heavy (non-hydrogen) atoms. The lowest BCUT2D eigenvalue weighted by atomic mass is 10.2. The van der Waals surface area contributed by atoms with Crippen LogP contribution in [0.3, 0.4) is 0 Å². The number of pyridine rings is 1. The quantitative estimate of drug-likeness (QED) is 0.734. The summed E-state index contributed by atoms with van der Waals surface area (Å²) >= 11 is 3.21. The number of hydrogen-bond acceptors (Lipinski definition) is 5. The largest absolute Gasteiger partial charge is 0.468 e. The van der Waals surface area contributed by atoms with Crippen LogP contribution < -0.4 is 0 Å². The molecule has 1 aliphatic rings. The van der Waals surface area contributed by atoms with Crippen molar-refractivity contribution in [1.29, 1.82) is 0 Å². The molecule has 1 fully saturated rings. The van der Waals surface area contributed by atoms with Crippen LogP contribution in [-0.4, -0.2) is 43.4 Å². The van der Waals surface area contributed by atoms with E-state index in [0.29, 0.717) is 4.47 Å². The highest BCUT2D eigenvalue weighted by Gasteiger charge is 2.35. The molecule has 0 aliphatic heterocycles. The van der Waals surface area contributed by atoms with E-state index in [1.807, 2.05) is 0 Å². The van der Waals surface area contributed by atoms with Crippen LogP contribution in [0, 0.1) is 0 Å². The molecule has 1 aliphatic carbocycles. The molecular formula is C13H17BrN2O4S. The number of sulfonamides is 1. The smallest absolute Gasteiger partial charge is 0.321 e. The summed E-state index contributed by atoms with van der Waals surface area (Å²) in [5.74, 6) is -0.562. The normalized spacial score (nSPS) is 16.3. The Morgan fingerprint density at radius 2 is 2.10 bits per heavy atom. The number of esters is 1. The van der Waals surface area contributed by atoms with Crippen molar-refractivity contribution in [2.24, 2.45) is 0 Å². The zero-order chi connectivity index (χ0) is 15.5. The van der Waals surface area contributed by atoms with E-state index in [9.17, 15) is 13.2 Å². The Morgan fingerprint density at radius 1 is 1.43 bits per heavy atom. The highest BCUT2D eigenvalue weighted by atomic mass is 79.9. The molecule has 0 unspecified atom stereocenters. The van der Waals surface area contributed by atoms with E-state index in [4.69, 9.17) is 0 Å². The SMILES string of the molecule is COC(=O)CN(C1CCCC1)S(=O)(=O)c1cncc(Br)c1. The molecule has 0 amide bonds. The number of carbonyl (C=O) groups excluding carboxylic acids is 1. The van der Waals surface area contributed by atoms with Crippen molar-refractivity contribution in [3.63, 3.8) is 0 Å². The highest BCUT2D eigenvalue weighted by Crippen LogP contribution is 2.29. The lowest BCUT2D eigenvalue weighted by molar-refractivity contribution is -0.141. The summed E-state index contributed by atoms with van der Waals surface area (Å²) in [6.07, 6.45) is 6.26. The maximum absolute atomic E-state index is 12.8. The third-order valence-corrected chi connectivity index (χ3v) is 5.83. The van der Waals surface area contributed by atoms with Gasteiger partial charge < -0.3 is 4.74 Å². The Balaban J connectivity index is 2.36. The van der Waals surface area contributed by atoms with Crippen LogP contribution in [0.1, 0.15) is 25.7 Å². The van der Waals surface area contributed by atoms with Gasteiger partial charge in [-0.1, -0.05) is 12.8 Å². The molecule has 8 heteroatoms. The molecule has 0 saturated heterocycles. The molecular weight excluding hydrogens is 360 g/mol. The Kier molecular flexibility index (Phi) is 5.34. The van der Waals surface area contributed by atoms with Crippen molar-refractivity contribution in [2.75, 3.05) is 13.7 Å². The van der Waals surface area contributed by atoms with Gasteiger partial charge in [-0.2, -0.15) is 4.31 Å². The van der Waals surface area contributed by atoms with Gasteiger partial charge in [0.1, 0.15) is 11.4 Å². The summed E-state index contributed by atoms with van der Waals surface area (Å²) in [6.45, 7) is -0.268. The molecule has 0 radical (unpaired) electrons. The summed E-state index contributed by atoms with van der Waals surface area (Å²) in [4.78, 5) is 15.5. The fourth-order valence-corrected chi connectivity index (χ4v) is 4.60. The Morgan fingerprint density at radius 3 is 2.67 bits per heavy atom. The number of nitrogens with zero attached hydrogens (tertiary/aromatic N) is 2. The van der Waals surface area contributed by atoms with Crippen LogP contribution in [0.4, 0.5) is 0 Å². The van der Waals surface area contributed by atoms with Gasteiger partial charge in [-0.15, -0.1) is 0 Å². The van der Waals surface area contributed by atoms with E-state index in [1.165, 1.54) is 29.9 Å². The van der Waals surface area contributed by atoms with E-state index in [2.05, 4.69) is 25.7 Å². The van der Waals surface area contributed by atoms with E-state index in [1.54, 1.807) is 0 Å². The first kappa shape index (κ1) is 16.4. The van der Waals surface area contributed by atoms with Crippen LogP contribution in [0.5, 0.6) is 0 Å². The van der Waals surface area contributed by atoms with Crippen molar-refractivity contribution in [2.45, 2.75) is 36.6 Å². The van der Waals surface area contributed by atoms with Gasteiger partial charge >= 0.3 is 5.97 Å². The molecule has 1 aromatic heterocycles. The first-order valence-corrected chi connectivity index (χ1v) is 8.87. The molecule has 0 bridgehead atoms. The second-order valence-corrected chi connectivity index (χ2v) is 7.71. The zero-order valence-electron chi connectivity index (χ0n) is 11.7. The van der Waals surface area contributed by atoms with Crippen molar-refractivity contribution in [3.8, 4) is 0 Å². The summed E-state index contributed by atoms with van der Waals surface area (Å²) in [5, 5.41) is 0. The van der Waals surface area contributed by atoms with Gasteiger partial charge in [-0.3, -0.25) is 9.78 Å². The average Bonchev–Trinajstić information content (AvgIpc) is 2.98. The second kappa shape index (κ2) is 6.85. The maximum Gasteiger partial charge on any atom is 0.321 e. The number of hydrogen-bond donors (Lipinski definition) is 0. The van der Waals surface area contributed by atoms with Crippen LogP contribution in [0.15, 0.2) is 27.8 Å². The predicted molar refractivity (Wildman–Crippen MR) is 80.1 cm³/mol. The van der Waals surface area contributed by atoms with E-state index >= 15 is 0 Å². The minimum Gasteiger partial charge on any atom is -0.468 e. The number of rotatable bonds is 5. The van der Waals surface area contributed by atoms with E-state index in [0.717, 1.165) is 25.7 Å². The van der Waals surface area contributed by atoms with Crippen LogP contribution in [0.25, 0.3) is 0 Å². The first-order chi connectivity index (χ1) is 9.95. The lowest BCUT2D eigenvalue weighted by Crippen LogP contribution is -2.42. The summed E-state index contributed by atoms with van der Waals surface area (Å²) in [5.41, 5.74) is 0. The molecule has 0 N–H and O–H groups in total. The van der Waals surface area contributed by atoms with Gasteiger partial charge in [0.15, 0.2) is 0 Å². The number of carbonyl (C=O) groups is 1. The van der Waals surface area contributed by atoms with E-state index in [-0.39, 0.29) is 17.5 Å². The Hall–Kier alpha value is -0.990. The van der Waals surface area contributed by atoms with Crippen molar-refractivity contribution < 1.29 is 17.9 Å². The summed E-state index contributed by atoms with van der Waals surface area (Å²) < 4.78 is 32.0. The topological polar surface area (TPSA) is 76.6 Å². The Bertz CT molecular complexity index is 614.